The monoisotopic (exact) mass is 414 g/mol. The number of unbranched alkanes of at least 4 members (excludes halogenated alkanes) is 21. The van der Waals surface area contributed by atoms with E-state index in [9.17, 15) is 0 Å². The lowest BCUT2D eigenvalue weighted by atomic mass is 10.1. The zero-order valence-corrected chi connectivity index (χ0v) is 21.0. The van der Waals surface area contributed by atoms with Crippen LogP contribution in [0.1, 0.15) is 168 Å². The van der Waals surface area contributed by atoms with Crippen molar-refractivity contribution < 1.29 is 0 Å². The topological polar surface area (TPSA) is 0 Å². The minimum absolute atomic E-state index is 1.12. The number of rotatable bonds is 21. The van der Waals surface area contributed by atoms with E-state index in [2.05, 4.69) is 37.5 Å². The predicted molar refractivity (Wildman–Crippen MR) is 138 cm³/mol. The SMILES string of the molecule is CCCCCCCC#CCCCCCCCCCCC#CCCCCCCCCC. The summed E-state index contributed by atoms with van der Waals surface area (Å²) in [7, 11) is 0. The maximum Gasteiger partial charge on any atom is 0.00886 e. The van der Waals surface area contributed by atoms with E-state index >= 15 is 0 Å². The van der Waals surface area contributed by atoms with Gasteiger partial charge in [0, 0.05) is 25.7 Å². The molecule has 0 aromatic carbocycles. The van der Waals surface area contributed by atoms with Crippen LogP contribution in [-0.4, -0.2) is 0 Å². The van der Waals surface area contributed by atoms with Gasteiger partial charge in [0.05, 0.1) is 0 Å². The van der Waals surface area contributed by atoms with Gasteiger partial charge in [0.15, 0.2) is 0 Å². The van der Waals surface area contributed by atoms with Gasteiger partial charge >= 0.3 is 0 Å². The highest BCUT2D eigenvalue weighted by molar-refractivity contribution is 4.99. The van der Waals surface area contributed by atoms with Crippen molar-refractivity contribution >= 4 is 0 Å². The molecule has 0 amide bonds. The molecule has 0 radical (unpaired) electrons. The van der Waals surface area contributed by atoms with Gasteiger partial charge in [-0.1, -0.05) is 117 Å². The second-order valence-corrected chi connectivity index (χ2v) is 9.07. The van der Waals surface area contributed by atoms with E-state index in [1.165, 1.54) is 128 Å². The average molecular weight is 415 g/mol. The highest BCUT2D eigenvalue weighted by atomic mass is 14.0. The molecule has 0 aromatic heterocycles. The van der Waals surface area contributed by atoms with Crippen molar-refractivity contribution in [1.29, 1.82) is 0 Å². The molecule has 0 aromatic rings. The van der Waals surface area contributed by atoms with E-state index in [1.54, 1.807) is 0 Å². The van der Waals surface area contributed by atoms with Crippen LogP contribution in [0.15, 0.2) is 0 Å². The smallest absolute Gasteiger partial charge is 0.00886 e. The summed E-state index contributed by atoms with van der Waals surface area (Å²) in [6.07, 6.45) is 31.9. The third kappa shape index (κ3) is 27.1. The van der Waals surface area contributed by atoms with Gasteiger partial charge in [0.1, 0.15) is 0 Å². The van der Waals surface area contributed by atoms with Gasteiger partial charge in [-0.25, -0.2) is 0 Å². The highest BCUT2D eigenvalue weighted by Gasteiger charge is 1.92. The molecule has 0 spiro atoms. The van der Waals surface area contributed by atoms with Crippen LogP contribution in [0.25, 0.3) is 0 Å². The first-order chi connectivity index (χ1) is 14.9. The van der Waals surface area contributed by atoms with Crippen molar-refractivity contribution in [2.45, 2.75) is 168 Å². The minimum atomic E-state index is 1.12. The summed E-state index contributed by atoms with van der Waals surface area (Å²) >= 11 is 0. The van der Waals surface area contributed by atoms with Crippen LogP contribution < -0.4 is 0 Å². The standard InChI is InChI=1S/C30H54/c1-3-5-7-9-11-13-15-17-19-21-23-25-27-29-30-28-26-24-22-20-18-16-14-12-10-8-6-4-2/h3-15,17,20,22-30H2,1-2H3. The summed E-state index contributed by atoms with van der Waals surface area (Å²) in [6, 6.07) is 0. The second kappa shape index (κ2) is 28.1. The molecule has 0 nitrogen and oxygen atoms in total. The molecule has 0 saturated heterocycles. The van der Waals surface area contributed by atoms with E-state index < -0.39 is 0 Å². The normalized spacial score (nSPS) is 10.3. The molecule has 0 rings (SSSR count). The van der Waals surface area contributed by atoms with E-state index in [1.807, 2.05) is 0 Å². The van der Waals surface area contributed by atoms with Crippen molar-refractivity contribution in [2.75, 3.05) is 0 Å². The molecule has 0 saturated carbocycles. The largest absolute Gasteiger partial charge is 0.103 e. The summed E-state index contributed by atoms with van der Waals surface area (Å²) in [4.78, 5) is 0. The lowest BCUT2D eigenvalue weighted by Crippen LogP contribution is -1.81. The Balaban J connectivity index is 3.15. The van der Waals surface area contributed by atoms with Crippen molar-refractivity contribution in [3.8, 4) is 23.7 Å². The van der Waals surface area contributed by atoms with Crippen LogP contribution in [0, 0.1) is 23.7 Å². The maximum atomic E-state index is 3.39. The van der Waals surface area contributed by atoms with Gasteiger partial charge in [-0.05, 0) is 25.7 Å². The van der Waals surface area contributed by atoms with Crippen molar-refractivity contribution in [3.05, 3.63) is 0 Å². The zero-order valence-electron chi connectivity index (χ0n) is 21.0. The third-order valence-electron chi connectivity index (χ3n) is 5.91. The van der Waals surface area contributed by atoms with Gasteiger partial charge in [-0.15, -0.1) is 23.7 Å². The summed E-state index contributed by atoms with van der Waals surface area (Å²) in [5, 5.41) is 0. The van der Waals surface area contributed by atoms with Crippen LogP contribution >= 0.6 is 0 Å². The van der Waals surface area contributed by atoms with Crippen LogP contribution in [-0.2, 0) is 0 Å². The first-order valence-electron chi connectivity index (χ1n) is 13.8. The first-order valence-corrected chi connectivity index (χ1v) is 13.8. The van der Waals surface area contributed by atoms with Gasteiger partial charge in [0.25, 0.3) is 0 Å². The summed E-state index contributed by atoms with van der Waals surface area (Å²) in [5.74, 6) is 13.5. The van der Waals surface area contributed by atoms with Crippen LogP contribution in [0.4, 0.5) is 0 Å². The molecule has 0 N–H and O–H groups in total. The molecule has 0 heterocycles. The fraction of sp³-hybridized carbons (Fsp3) is 0.867. The van der Waals surface area contributed by atoms with Crippen molar-refractivity contribution in [3.63, 3.8) is 0 Å². The first kappa shape index (κ1) is 29.1. The summed E-state index contributed by atoms with van der Waals surface area (Å²) < 4.78 is 0. The maximum absolute atomic E-state index is 3.39. The molecule has 0 bridgehead atoms. The third-order valence-corrected chi connectivity index (χ3v) is 5.91. The highest BCUT2D eigenvalue weighted by Crippen LogP contribution is 2.11. The number of hydrogen-bond donors (Lipinski definition) is 0. The van der Waals surface area contributed by atoms with E-state index in [0.29, 0.717) is 0 Å². The quantitative estimate of drug-likeness (QED) is 0.129. The number of hydrogen-bond acceptors (Lipinski definition) is 0. The summed E-state index contributed by atoms with van der Waals surface area (Å²) in [6.45, 7) is 4.56. The van der Waals surface area contributed by atoms with Gasteiger partial charge in [-0.2, -0.15) is 0 Å². The average Bonchev–Trinajstić information content (AvgIpc) is 2.76. The molecule has 174 valence electrons. The fourth-order valence-corrected chi connectivity index (χ4v) is 3.83. The summed E-state index contributed by atoms with van der Waals surface area (Å²) in [5.41, 5.74) is 0. The van der Waals surface area contributed by atoms with Crippen molar-refractivity contribution in [1.82, 2.24) is 0 Å². The molecule has 0 atom stereocenters. The van der Waals surface area contributed by atoms with Gasteiger partial charge in [0.2, 0.25) is 0 Å². The molecule has 0 aliphatic carbocycles. The molecule has 0 aliphatic heterocycles. The van der Waals surface area contributed by atoms with Crippen LogP contribution in [0.3, 0.4) is 0 Å². The Morgan fingerprint density at radius 2 is 0.467 bits per heavy atom. The molecule has 30 heavy (non-hydrogen) atoms. The predicted octanol–water partition coefficient (Wildman–Crippen LogP) is 10.4. The zero-order chi connectivity index (χ0) is 21.8. The van der Waals surface area contributed by atoms with Crippen LogP contribution in [0.5, 0.6) is 0 Å². The van der Waals surface area contributed by atoms with Gasteiger partial charge < -0.3 is 0 Å². The van der Waals surface area contributed by atoms with Gasteiger partial charge in [-0.3, -0.25) is 0 Å². The Hall–Kier alpha value is -0.880. The Morgan fingerprint density at radius 3 is 0.700 bits per heavy atom. The molecular weight excluding hydrogens is 360 g/mol. The van der Waals surface area contributed by atoms with E-state index in [4.69, 9.17) is 0 Å². The molecule has 0 fully saturated rings. The Labute approximate surface area is 191 Å². The second-order valence-electron chi connectivity index (χ2n) is 9.07. The molecule has 0 unspecified atom stereocenters. The van der Waals surface area contributed by atoms with Crippen LogP contribution in [0.2, 0.25) is 0 Å². The Bertz CT molecular complexity index is 424. The minimum Gasteiger partial charge on any atom is -0.103 e. The lowest BCUT2D eigenvalue weighted by molar-refractivity contribution is 0.573. The Kier molecular flexibility index (Phi) is 27.3. The van der Waals surface area contributed by atoms with E-state index in [0.717, 1.165) is 25.7 Å². The van der Waals surface area contributed by atoms with E-state index in [-0.39, 0.29) is 0 Å². The molecule has 0 heteroatoms. The van der Waals surface area contributed by atoms with Crippen molar-refractivity contribution in [2.24, 2.45) is 0 Å². The fourth-order valence-electron chi connectivity index (χ4n) is 3.83. The lowest BCUT2D eigenvalue weighted by Gasteiger charge is -2.00. The molecular formula is C30H54. The molecule has 0 aliphatic rings. The Morgan fingerprint density at radius 1 is 0.267 bits per heavy atom.